The monoisotopic (exact) mass is 473 g/mol. The number of para-hydroxylation sites is 1. The zero-order chi connectivity index (χ0) is 22.0. The van der Waals surface area contributed by atoms with Gasteiger partial charge in [-0.25, -0.2) is 0 Å². The molecule has 0 N–H and O–H groups in total. The Labute approximate surface area is 188 Å². The predicted octanol–water partition coefficient (Wildman–Crippen LogP) is 5.87. The molecule has 0 fully saturated rings. The number of hydrogen-bond acceptors (Lipinski definition) is 3. The Balaban J connectivity index is 1.97. The van der Waals surface area contributed by atoms with E-state index in [4.69, 9.17) is 4.74 Å². The first-order valence-corrected chi connectivity index (χ1v) is 10.5. The van der Waals surface area contributed by atoms with Crippen molar-refractivity contribution in [1.82, 2.24) is 4.57 Å². The van der Waals surface area contributed by atoms with Crippen molar-refractivity contribution in [2.24, 2.45) is 7.05 Å². The molecule has 0 aliphatic heterocycles. The molecule has 1 heterocycles. The van der Waals surface area contributed by atoms with Gasteiger partial charge in [0.25, 0.3) is 5.56 Å². The average Bonchev–Trinajstić information content (AvgIpc) is 2.80. The number of aryl methyl sites for hydroxylation is 1. The van der Waals surface area contributed by atoms with Crippen LogP contribution in [0.2, 0.25) is 0 Å². The highest BCUT2D eigenvalue weighted by Gasteiger charge is 2.21. The van der Waals surface area contributed by atoms with E-state index >= 15 is 0 Å². The minimum absolute atomic E-state index is 0.144. The molecule has 1 aromatic heterocycles. The fourth-order valence-corrected chi connectivity index (χ4v) is 4.07. The molecule has 0 spiro atoms. The van der Waals surface area contributed by atoms with Crippen LogP contribution in [-0.2, 0) is 7.05 Å². The van der Waals surface area contributed by atoms with Crippen LogP contribution < -0.4 is 10.3 Å². The Bertz CT molecular complexity index is 1370. The number of aromatic nitrogens is 1. The van der Waals surface area contributed by atoms with Crippen molar-refractivity contribution in [2.45, 2.75) is 0 Å². The van der Waals surface area contributed by atoms with Gasteiger partial charge in [-0.05, 0) is 42.0 Å². The Morgan fingerprint density at radius 3 is 2.45 bits per heavy atom. The largest absolute Gasteiger partial charge is 0.496 e. The van der Waals surface area contributed by atoms with Crippen LogP contribution in [0.3, 0.4) is 0 Å². The molecule has 0 aliphatic rings. The highest BCUT2D eigenvalue weighted by molar-refractivity contribution is 9.10. The molecule has 4 rings (SSSR count). The number of methoxy groups -OCH3 is 1. The first-order valence-electron chi connectivity index (χ1n) is 9.74. The Kier molecular flexibility index (Phi) is 5.87. The second-order valence-corrected chi connectivity index (χ2v) is 8.00. The highest BCUT2D eigenvalue weighted by atomic mass is 79.9. The molecule has 3 aromatic carbocycles. The van der Waals surface area contributed by atoms with Gasteiger partial charge in [-0.3, -0.25) is 9.59 Å². The fraction of sp³-hybridized carbons (Fsp3) is 0.0769. The van der Waals surface area contributed by atoms with E-state index < -0.39 is 0 Å². The van der Waals surface area contributed by atoms with Crippen LogP contribution in [-0.4, -0.2) is 17.5 Å². The number of pyridine rings is 1. The number of ether oxygens (including phenoxy) is 1. The quantitative estimate of drug-likeness (QED) is 0.269. The Hall–Kier alpha value is -3.44. The second-order valence-electron chi connectivity index (χ2n) is 7.08. The van der Waals surface area contributed by atoms with Crippen molar-refractivity contribution in [1.29, 1.82) is 0 Å². The third kappa shape index (κ3) is 3.97. The van der Waals surface area contributed by atoms with Gasteiger partial charge in [-0.1, -0.05) is 64.5 Å². The molecule has 4 nitrogen and oxygen atoms in total. The van der Waals surface area contributed by atoms with Gasteiger partial charge in [0.2, 0.25) is 0 Å². The van der Waals surface area contributed by atoms with Gasteiger partial charge in [-0.15, -0.1) is 0 Å². The Morgan fingerprint density at radius 1 is 1.00 bits per heavy atom. The van der Waals surface area contributed by atoms with Gasteiger partial charge in [-0.2, -0.15) is 0 Å². The van der Waals surface area contributed by atoms with Crippen molar-refractivity contribution in [3.05, 3.63) is 105 Å². The third-order valence-electron chi connectivity index (χ3n) is 5.22. The van der Waals surface area contributed by atoms with Crippen LogP contribution in [0, 0.1) is 0 Å². The number of benzene rings is 3. The minimum atomic E-state index is -0.354. The minimum Gasteiger partial charge on any atom is -0.496 e. The molecule has 0 bridgehead atoms. The maximum Gasteiger partial charge on any atom is 0.262 e. The summed E-state index contributed by atoms with van der Waals surface area (Å²) in [5.74, 6) is 0.303. The van der Waals surface area contributed by atoms with Crippen molar-refractivity contribution < 1.29 is 9.53 Å². The number of rotatable bonds is 5. The third-order valence-corrected chi connectivity index (χ3v) is 5.71. The molecule has 0 aliphatic carbocycles. The molecular weight excluding hydrogens is 454 g/mol. The molecule has 154 valence electrons. The van der Waals surface area contributed by atoms with Crippen LogP contribution in [0.4, 0.5) is 0 Å². The highest BCUT2D eigenvalue weighted by Crippen LogP contribution is 2.32. The lowest BCUT2D eigenvalue weighted by Crippen LogP contribution is -2.25. The van der Waals surface area contributed by atoms with Crippen molar-refractivity contribution in [3.8, 4) is 16.9 Å². The van der Waals surface area contributed by atoms with E-state index in [1.807, 2.05) is 72.8 Å². The number of allylic oxidation sites excluding steroid dienone is 1. The molecule has 0 radical (unpaired) electrons. The molecule has 4 aromatic rings. The molecular formula is C26H20BrNO3. The van der Waals surface area contributed by atoms with Gasteiger partial charge >= 0.3 is 0 Å². The normalized spacial score (nSPS) is 11.2. The first kappa shape index (κ1) is 20.8. The van der Waals surface area contributed by atoms with Gasteiger partial charge in [0.05, 0.1) is 18.2 Å². The summed E-state index contributed by atoms with van der Waals surface area (Å²) in [5, 5.41) is 0.830. The summed E-state index contributed by atoms with van der Waals surface area (Å²) < 4.78 is 7.76. The van der Waals surface area contributed by atoms with E-state index in [0.717, 1.165) is 26.5 Å². The van der Waals surface area contributed by atoms with Gasteiger partial charge in [0.1, 0.15) is 5.75 Å². The van der Waals surface area contributed by atoms with Crippen LogP contribution in [0.5, 0.6) is 5.75 Å². The summed E-state index contributed by atoms with van der Waals surface area (Å²) in [6, 6.07) is 22.7. The number of nitrogens with zero attached hydrogens (tertiary/aromatic N) is 1. The van der Waals surface area contributed by atoms with E-state index in [1.165, 1.54) is 10.6 Å². The van der Waals surface area contributed by atoms with Crippen LogP contribution >= 0.6 is 15.9 Å². The van der Waals surface area contributed by atoms with Gasteiger partial charge in [0.15, 0.2) is 5.78 Å². The average molecular weight is 474 g/mol. The summed E-state index contributed by atoms with van der Waals surface area (Å²) >= 11 is 3.52. The van der Waals surface area contributed by atoms with Gasteiger partial charge in [0, 0.05) is 28.0 Å². The fourth-order valence-electron chi connectivity index (χ4n) is 3.71. The SMILES string of the molecule is COc1ccccc1/C=C/C(=O)c1c(-c2ccccc2)c2cc(Br)ccc2n(C)c1=O. The maximum atomic E-state index is 13.4. The van der Waals surface area contributed by atoms with E-state index in [9.17, 15) is 9.59 Å². The van der Waals surface area contributed by atoms with Crippen molar-refractivity contribution >= 4 is 38.7 Å². The molecule has 0 saturated carbocycles. The molecule has 31 heavy (non-hydrogen) atoms. The molecule has 0 saturated heterocycles. The number of halogens is 1. The number of carbonyl (C=O) groups excluding carboxylic acids is 1. The molecule has 0 amide bonds. The standard InChI is InChI=1S/C26H20BrNO3/c1-28-21-14-13-19(27)16-20(21)24(18-9-4-3-5-10-18)25(26(28)30)22(29)15-12-17-8-6-7-11-23(17)31-2/h3-16H,1-2H3/b15-12+. The summed E-state index contributed by atoms with van der Waals surface area (Å²) in [6.45, 7) is 0. The van der Waals surface area contributed by atoms with E-state index in [0.29, 0.717) is 11.3 Å². The number of fused-ring (bicyclic) bond motifs is 1. The van der Waals surface area contributed by atoms with E-state index in [-0.39, 0.29) is 16.9 Å². The molecule has 5 heteroatoms. The first-order chi connectivity index (χ1) is 15.0. The molecule has 0 atom stereocenters. The number of carbonyl (C=O) groups is 1. The van der Waals surface area contributed by atoms with Crippen molar-refractivity contribution in [2.75, 3.05) is 7.11 Å². The van der Waals surface area contributed by atoms with Gasteiger partial charge < -0.3 is 9.30 Å². The van der Waals surface area contributed by atoms with Crippen molar-refractivity contribution in [3.63, 3.8) is 0 Å². The smallest absolute Gasteiger partial charge is 0.262 e. The van der Waals surface area contributed by atoms with Crippen LogP contribution in [0.25, 0.3) is 28.1 Å². The zero-order valence-corrected chi connectivity index (χ0v) is 18.7. The van der Waals surface area contributed by atoms with E-state index in [2.05, 4.69) is 15.9 Å². The summed E-state index contributed by atoms with van der Waals surface area (Å²) in [6.07, 6.45) is 3.12. The summed E-state index contributed by atoms with van der Waals surface area (Å²) in [4.78, 5) is 26.7. The van der Waals surface area contributed by atoms with Crippen LogP contribution in [0.1, 0.15) is 15.9 Å². The number of ketones is 1. The maximum absolute atomic E-state index is 13.4. The zero-order valence-electron chi connectivity index (χ0n) is 17.1. The molecule has 0 unspecified atom stereocenters. The summed E-state index contributed by atoms with van der Waals surface area (Å²) in [7, 11) is 3.27. The summed E-state index contributed by atoms with van der Waals surface area (Å²) in [5.41, 5.74) is 2.79. The second kappa shape index (κ2) is 8.74. The lowest BCUT2D eigenvalue weighted by atomic mass is 9.93. The predicted molar refractivity (Wildman–Crippen MR) is 129 cm³/mol. The van der Waals surface area contributed by atoms with Crippen LogP contribution in [0.15, 0.2) is 88.1 Å². The lowest BCUT2D eigenvalue weighted by Gasteiger charge is -2.15. The Morgan fingerprint density at radius 2 is 1.71 bits per heavy atom. The number of hydrogen-bond donors (Lipinski definition) is 0. The van der Waals surface area contributed by atoms with E-state index in [1.54, 1.807) is 20.2 Å². The topological polar surface area (TPSA) is 48.3 Å². The lowest BCUT2D eigenvalue weighted by molar-refractivity contribution is 0.104.